The van der Waals surface area contributed by atoms with Crippen LogP contribution in [0.1, 0.15) is 33.6 Å². The molecule has 6 heteroatoms. The fourth-order valence-electron chi connectivity index (χ4n) is 1.20. The van der Waals surface area contributed by atoms with E-state index in [4.69, 9.17) is 8.98 Å². The molecule has 0 aliphatic rings. The van der Waals surface area contributed by atoms with Crippen LogP contribution < -0.4 is 0 Å². The lowest BCUT2D eigenvalue weighted by Gasteiger charge is -2.17. The van der Waals surface area contributed by atoms with Gasteiger partial charge in [0.25, 0.3) is 10.1 Å². The van der Waals surface area contributed by atoms with E-state index in [0.717, 1.165) is 6.42 Å². The van der Waals surface area contributed by atoms with Crippen molar-refractivity contribution < 1.29 is 17.4 Å². The summed E-state index contributed by atoms with van der Waals surface area (Å²) in [7, 11) is -5.60. The lowest BCUT2D eigenvalue weighted by molar-refractivity contribution is 0.264. The predicted octanol–water partition coefficient (Wildman–Crippen LogP) is 2.58. The Labute approximate surface area is 107 Å². The van der Waals surface area contributed by atoms with Crippen molar-refractivity contribution in [2.45, 2.75) is 52.1 Å². The molecule has 0 bridgehead atoms. The minimum absolute atomic E-state index is 0.178. The standard InChI is InChI=1S/C11H24O4SSi/c1-11(2,3)9-7-6-8-10(15-17(4)5)16(12,13)14/h6-7,10,17H,8-9H2,1-5H3,(H,12,13,14). The summed E-state index contributed by atoms with van der Waals surface area (Å²) >= 11 is 0. The van der Waals surface area contributed by atoms with E-state index in [9.17, 15) is 8.42 Å². The van der Waals surface area contributed by atoms with Crippen LogP contribution >= 0.6 is 0 Å². The van der Waals surface area contributed by atoms with Crippen LogP contribution in [0.5, 0.6) is 0 Å². The molecule has 0 saturated heterocycles. The van der Waals surface area contributed by atoms with E-state index in [2.05, 4.69) is 20.8 Å². The highest BCUT2D eigenvalue weighted by Gasteiger charge is 2.23. The largest absolute Gasteiger partial charge is 0.402 e. The topological polar surface area (TPSA) is 63.6 Å². The minimum Gasteiger partial charge on any atom is -0.402 e. The van der Waals surface area contributed by atoms with Crippen LogP contribution in [0.3, 0.4) is 0 Å². The molecule has 102 valence electrons. The molecular formula is C11H24O4SSi. The van der Waals surface area contributed by atoms with Crippen molar-refractivity contribution in [3.63, 3.8) is 0 Å². The zero-order chi connectivity index (χ0) is 13.7. The summed E-state index contributed by atoms with van der Waals surface area (Å²) in [6.45, 7) is 10.1. The molecule has 0 amide bonds. The maximum atomic E-state index is 11.1. The molecule has 0 aliphatic carbocycles. The van der Waals surface area contributed by atoms with Gasteiger partial charge in [0.2, 0.25) is 0 Å². The normalized spacial score (nSPS) is 15.7. The highest BCUT2D eigenvalue weighted by atomic mass is 32.2. The highest BCUT2D eigenvalue weighted by molar-refractivity contribution is 7.86. The lowest BCUT2D eigenvalue weighted by atomic mass is 9.92. The third-order valence-corrected chi connectivity index (χ3v) is 4.02. The lowest BCUT2D eigenvalue weighted by Crippen LogP contribution is -2.28. The molecule has 0 radical (unpaired) electrons. The average Bonchev–Trinajstić information content (AvgIpc) is 2.06. The van der Waals surface area contributed by atoms with Crippen molar-refractivity contribution in [3.8, 4) is 0 Å². The summed E-state index contributed by atoms with van der Waals surface area (Å²) in [4.78, 5) is 0. The maximum Gasteiger partial charge on any atom is 0.291 e. The molecule has 0 aromatic heterocycles. The van der Waals surface area contributed by atoms with Gasteiger partial charge in [-0.05, 0) is 24.9 Å². The van der Waals surface area contributed by atoms with Crippen LogP contribution in [0, 0.1) is 5.41 Å². The van der Waals surface area contributed by atoms with Gasteiger partial charge < -0.3 is 4.43 Å². The number of allylic oxidation sites excluding steroid dienone is 1. The van der Waals surface area contributed by atoms with E-state index in [1.807, 2.05) is 19.2 Å². The Morgan fingerprint density at radius 2 is 1.82 bits per heavy atom. The van der Waals surface area contributed by atoms with Gasteiger partial charge in [0, 0.05) is 6.42 Å². The quantitative estimate of drug-likeness (QED) is 0.461. The van der Waals surface area contributed by atoms with Gasteiger partial charge in [0.1, 0.15) is 0 Å². The smallest absolute Gasteiger partial charge is 0.291 e. The monoisotopic (exact) mass is 280 g/mol. The van der Waals surface area contributed by atoms with E-state index >= 15 is 0 Å². The van der Waals surface area contributed by atoms with E-state index in [1.54, 1.807) is 6.08 Å². The second kappa shape index (κ2) is 6.68. The van der Waals surface area contributed by atoms with Gasteiger partial charge in [0.15, 0.2) is 14.5 Å². The van der Waals surface area contributed by atoms with Gasteiger partial charge in [-0.2, -0.15) is 8.42 Å². The molecule has 0 spiro atoms. The Balaban J connectivity index is 4.38. The molecule has 17 heavy (non-hydrogen) atoms. The Morgan fingerprint density at radius 3 is 2.18 bits per heavy atom. The molecule has 0 aromatic carbocycles. The Kier molecular flexibility index (Phi) is 6.61. The number of rotatable bonds is 6. The number of hydrogen-bond acceptors (Lipinski definition) is 3. The Bertz CT molecular complexity index is 341. The van der Waals surface area contributed by atoms with Crippen molar-refractivity contribution in [1.82, 2.24) is 0 Å². The fourth-order valence-corrected chi connectivity index (χ4v) is 3.50. The number of hydrogen-bond donors (Lipinski definition) is 1. The van der Waals surface area contributed by atoms with Crippen molar-refractivity contribution in [2.75, 3.05) is 0 Å². The van der Waals surface area contributed by atoms with Crippen molar-refractivity contribution in [2.24, 2.45) is 5.41 Å². The zero-order valence-corrected chi connectivity index (χ0v) is 13.3. The van der Waals surface area contributed by atoms with Gasteiger partial charge in [0.05, 0.1) is 0 Å². The molecule has 0 fully saturated rings. The van der Waals surface area contributed by atoms with Gasteiger partial charge in [-0.1, -0.05) is 32.9 Å². The molecule has 0 heterocycles. The first-order valence-electron chi connectivity index (χ1n) is 5.79. The van der Waals surface area contributed by atoms with Gasteiger partial charge in [-0.25, -0.2) is 0 Å². The van der Waals surface area contributed by atoms with Crippen molar-refractivity contribution in [1.29, 1.82) is 0 Å². The van der Waals surface area contributed by atoms with Gasteiger partial charge >= 0.3 is 0 Å². The fraction of sp³-hybridized carbons (Fsp3) is 0.818. The van der Waals surface area contributed by atoms with Crippen LogP contribution in [-0.4, -0.2) is 27.4 Å². The summed E-state index contributed by atoms with van der Waals surface area (Å²) < 4.78 is 36.5. The van der Waals surface area contributed by atoms with Gasteiger partial charge in [-0.15, -0.1) is 0 Å². The average molecular weight is 280 g/mol. The highest BCUT2D eigenvalue weighted by Crippen LogP contribution is 2.19. The van der Waals surface area contributed by atoms with Crippen LogP contribution in [-0.2, 0) is 14.5 Å². The van der Waals surface area contributed by atoms with Crippen LogP contribution in [0.2, 0.25) is 13.1 Å². The third kappa shape index (κ3) is 9.52. The molecule has 0 aromatic rings. The van der Waals surface area contributed by atoms with Crippen LogP contribution in [0.15, 0.2) is 12.2 Å². The molecule has 0 rings (SSSR count). The first kappa shape index (κ1) is 16.8. The molecule has 4 nitrogen and oxygen atoms in total. The zero-order valence-electron chi connectivity index (χ0n) is 11.3. The van der Waals surface area contributed by atoms with Crippen molar-refractivity contribution in [3.05, 3.63) is 12.2 Å². The van der Waals surface area contributed by atoms with Crippen molar-refractivity contribution >= 4 is 19.2 Å². The van der Waals surface area contributed by atoms with E-state index in [1.165, 1.54) is 0 Å². The molecule has 1 unspecified atom stereocenters. The summed E-state index contributed by atoms with van der Waals surface area (Å²) in [6.07, 6.45) is 4.77. The van der Waals surface area contributed by atoms with Crippen LogP contribution in [0.4, 0.5) is 0 Å². The summed E-state index contributed by atoms with van der Waals surface area (Å²) in [5.74, 6) is 0. The first-order valence-corrected chi connectivity index (χ1v) is 10.1. The third-order valence-electron chi connectivity index (χ3n) is 1.98. The summed E-state index contributed by atoms with van der Waals surface area (Å²) in [5, 5.41) is 0. The Hall–Kier alpha value is -0.173. The molecule has 0 aliphatic heterocycles. The van der Waals surface area contributed by atoms with E-state index in [0.29, 0.717) is 0 Å². The predicted molar refractivity (Wildman–Crippen MR) is 73.1 cm³/mol. The molecule has 0 saturated carbocycles. The summed E-state index contributed by atoms with van der Waals surface area (Å²) in [5.41, 5.74) is -0.928. The maximum absolute atomic E-state index is 11.1. The molecule has 1 N–H and O–H groups in total. The van der Waals surface area contributed by atoms with E-state index < -0.39 is 24.6 Å². The minimum atomic E-state index is -4.11. The molecule has 1 atom stereocenters. The second-order valence-corrected chi connectivity index (χ2v) is 9.53. The SMILES string of the molecule is C[SiH](C)OC(CC=CCC(C)(C)C)S(=O)(=O)O. The molecular weight excluding hydrogens is 256 g/mol. The Morgan fingerprint density at radius 1 is 1.29 bits per heavy atom. The summed E-state index contributed by atoms with van der Waals surface area (Å²) in [6, 6.07) is 0. The van der Waals surface area contributed by atoms with Crippen LogP contribution in [0.25, 0.3) is 0 Å². The second-order valence-electron chi connectivity index (χ2n) is 5.60. The van der Waals surface area contributed by atoms with E-state index in [-0.39, 0.29) is 11.8 Å². The first-order chi connectivity index (χ1) is 7.52. The van der Waals surface area contributed by atoms with Gasteiger partial charge in [-0.3, -0.25) is 4.55 Å².